The van der Waals surface area contributed by atoms with Crippen LogP contribution in [-0.2, 0) is 17.9 Å². The highest BCUT2D eigenvalue weighted by molar-refractivity contribution is 5.86. The number of benzene rings is 2. The Hall–Kier alpha value is -3.35. The van der Waals surface area contributed by atoms with Gasteiger partial charge in [-0.1, -0.05) is 31.2 Å². The van der Waals surface area contributed by atoms with Gasteiger partial charge in [0.2, 0.25) is 5.91 Å². The van der Waals surface area contributed by atoms with Crippen molar-refractivity contribution in [3.63, 3.8) is 0 Å². The van der Waals surface area contributed by atoms with Crippen molar-refractivity contribution in [1.29, 1.82) is 0 Å². The third kappa shape index (κ3) is 3.12. The van der Waals surface area contributed by atoms with Crippen LogP contribution in [0.4, 0.5) is 0 Å². The number of hydrogen-bond acceptors (Lipinski definition) is 3. The summed E-state index contributed by atoms with van der Waals surface area (Å²) < 4.78 is 5.06. The van der Waals surface area contributed by atoms with E-state index >= 15 is 0 Å². The van der Waals surface area contributed by atoms with Gasteiger partial charge >= 0.3 is 5.69 Å². The van der Waals surface area contributed by atoms with Crippen LogP contribution in [0.5, 0.6) is 0 Å². The zero-order valence-electron chi connectivity index (χ0n) is 15.1. The summed E-state index contributed by atoms with van der Waals surface area (Å²) in [7, 11) is 0. The van der Waals surface area contributed by atoms with Gasteiger partial charge in [0.15, 0.2) is 0 Å². The molecule has 0 radical (unpaired) electrons. The molecule has 1 amide bonds. The first-order valence-electron chi connectivity index (χ1n) is 9.09. The Labute approximate surface area is 155 Å². The standard InChI is InChI=1S/C20H21N5O2/c1-2-12-23-17-9-5-6-10-18(17)24(20(23)27)13-11-19(26)22-25-14-21-15-7-3-4-8-16(15)25/h3-10,14H,2,11-13H2,1H3,(H,22,26). The van der Waals surface area contributed by atoms with Crippen molar-refractivity contribution < 1.29 is 4.79 Å². The number of nitrogens with one attached hydrogen (secondary N) is 1. The molecular formula is C20H21N5O2. The number of fused-ring (bicyclic) bond motifs is 2. The van der Waals surface area contributed by atoms with Crippen molar-refractivity contribution in [2.75, 3.05) is 5.43 Å². The quantitative estimate of drug-likeness (QED) is 0.572. The van der Waals surface area contributed by atoms with Crippen molar-refractivity contribution in [2.45, 2.75) is 32.9 Å². The summed E-state index contributed by atoms with van der Waals surface area (Å²) in [6, 6.07) is 15.3. The fourth-order valence-corrected chi connectivity index (χ4v) is 3.38. The average molecular weight is 363 g/mol. The first-order chi connectivity index (χ1) is 13.2. The lowest BCUT2D eigenvalue weighted by atomic mass is 10.3. The molecule has 138 valence electrons. The number of aromatic nitrogens is 4. The van der Waals surface area contributed by atoms with Gasteiger partial charge in [0.05, 0.1) is 22.1 Å². The number of rotatable bonds is 6. The minimum absolute atomic E-state index is 0.0704. The van der Waals surface area contributed by atoms with Crippen LogP contribution >= 0.6 is 0 Å². The van der Waals surface area contributed by atoms with Crippen molar-refractivity contribution in [1.82, 2.24) is 18.8 Å². The molecule has 27 heavy (non-hydrogen) atoms. The van der Waals surface area contributed by atoms with Gasteiger partial charge in [-0.15, -0.1) is 0 Å². The molecule has 0 fully saturated rings. The number of carbonyl (C=O) groups excluding carboxylic acids is 1. The van der Waals surface area contributed by atoms with E-state index in [9.17, 15) is 9.59 Å². The van der Waals surface area contributed by atoms with E-state index in [4.69, 9.17) is 0 Å². The van der Waals surface area contributed by atoms with Crippen molar-refractivity contribution in [2.24, 2.45) is 0 Å². The predicted molar refractivity (Wildman–Crippen MR) is 105 cm³/mol. The van der Waals surface area contributed by atoms with Gasteiger partial charge < -0.3 is 0 Å². The van der Waals surface area contributed by atoms with E-state index < -0.39 is 0 Å². The number of aryl methyl sites for hydroxylation is 2. The molecule has 1 N–H and O–H groups in total. The first kappa shape index (κ1) is 17.1. The molecule has 0 saturated carbocycles. The van der Waals surface area contributed by atoms with Crippen LogP contribution in [-0.4, -0.2) is 24.7 Å². The van der Waals surface area contributed by atoms with Crippen LogP contribution in [0.1, 0.15) is 19.8 Å². The second-order valence-electron chi connectivity index (χ2n) is 6.46. The fourth-order valence-electron chi connectivity index (χ4n) is 3.38. The minimum atomic E-state index is -0.169. The molecule has 7 nitrogen and oxygen atoms in total. The first-order valence-corrected chi connectivity index (χ1v) is 9.09. The maximum atomic E-state index is 12.8. The SMILES string of the molecule is CCCn1c(=O)n(CCC(=O)Nn2cnc3ccccc32)c2ccccc21. The van der Waals surface area contributed by atoms with E-state index in [0.717, 1.165) is 28.5 Å². The van der Waals surface area contributed by atoms with E-state index in [1.165, 1.54) is 0 Å². The van der Waals surface area contributed by atoms with Gasteiger partial charge in [0, 0.05) is 19.5 Å². The monoisotopic (exact) mass is 363 g/mol. The molecule has 0 saturated heterocycles. The Morgan fingerprint density at radius 3 is 2.30 bits per heavy atom. The molecule has 0 aliphatic carbocycles. The smallest absolute Gasteiger partial charge is 0.292 e. The predicted octanol–water partition coefficient (Wildman–Crippen LogP) is 2.72. The molecular weight excluding hydrogens is 342 g/mol. The average Bonchev–Trinajstić information content (AvgIpc) is 3.20. The van der Waals surface area contributed by atoms with Crippen LogP contribution in [0.15, 0.2) is 59.7 Å². The molecule has 2 aromatic carbocycles. The highest BCUT2D eigenvalue weighted by Crippen LogP contribution is 2.14. The summed E-state index contributed by atoms with van der Waals surface area (Å²) in [5, 5.41) is 0. The normalized spacial score (nSPS) is 11.3. The third-order valence-corrected chi connectivity index (χ3v) is 4.63. The Bertz CT molecular complexity index is 1170. The Kier molecular flexibility index (Phi) is 4.50. The van der Waals surface area contributed by atoms with Gasteiger partial charge in [0.1, 0.15) is 6.33 Å². The number of para-hydroxylation sites is 4. The molecule has 0 atom stereocenters. The largest absolute Gasteiger partial charge is 0.329 e. The summed E-state index contributed by atoms with van der Waals surface area (Å²) in [6.45, 7) is 3.04. The minimum Gasteiger partial charge on any atom is -0.292 e. The Morgan fingerprint density at radius 1 is 0.963 bits per heavy atom. The Morgan fingerprint density at radius 2 is 1.59 bits per heavy atom. The zero-order valence-corrected chi connectivity index (χ0v) is 15.1. The zero-order chi connectivity index (χ0) is 18.8. The van der Waals surface area contributed by atoms with Gasteiger partial charge in [-0.2, -0.15) is 0 Å². The topological polar surface area (TPSA) is 73.8 Å². The molecule has 4 rings (SSSR count). The second kappa shape index (κ2) is 7.11. The fraction of sp³-hybridized carbons (Fsp3) is 0.250. The second-order valence-corrected chi connectivity index (χ2v) is 6.46. The highest BCUT2D eigenvalue weighted by Gasteiger charge is 2.13. The van der Waals surface area contributed by atoms with Crippen molar-refractivity contribution >= 4 is 28.0 Å². The third-order valence-electron chi connectivity index (χ3n) is 4.63. The maximum absolute atomic E-state index is 12.8. The molecule has 2 heterocycles. The van der Waals surface area contributed by atoms with Crippen LogP contribution in [0.2, 0.25) is 0 Å². The van der Waals surface area contributed by atoms with Crippen LogP contribution in [0.25, 0.3) is 22.1 Å². The van der Waals surface area contributed by atoms with E-state index in [1.54, 1.807) is 20.1 Å². The molecule has 2 aromatic heterocycles. The highest BCUT2D eigenvalue weighted by atomic mass is 16.2. The summed E-state index contributed by atoms with van der Waals surface area (Å²) in [5.74, 6) is -0.169. The van der Waals surface area contributed by atoms with E-state index in [2.05, 4.69) is 10.4 Å². The lowest BCUT2D eigenvalue weighted by Crippen LogP contribution is -2.28. The van der Waals surface area contributed by atoms with Crippen LogP contribution < -0.4 is 11.1 Å². The van der Waals surface area contributed by atoms with Crippen LogP contribution in [0.3, 0.4) is 0 Å². The van der Waals surface area contributed by atoms with Gasteiger partial charge in [-0.25, -0.2) is 14.5 Å². The number of amides is 1. The molecule has 4 aromatic rings. The molecule has 0 aliphatic rings. The van der Waals surface area contributed by atoms with Gasteiger partial charge in [-0.3, -0.25) is 19.4 Å². The molecule has 0 spiro atoms. The molecule has 0 aliphatic heterocycles. The number of imidazole rings is 2. The van der Waals surface area contributed by atoms with Crippen molar-refractivity contribution in [3.05, 3.63) is 65.3 Å². The Balaban J connectivity index is 1.54. The van der Waals surface area contributed by atoms with E-state index in [1.807, 2.05) is 55.5 Å². The lowest BCUT2D eigenvalue weighted by Gasteiger charge is -2.07. The number of carbonyl (C=O) groups is 1. The molecule has 7 heteroatoms. The summed E-state index contributed by atoms with van der Waals surface area (Å²) >= 11 is 0. The van der Waals surface area contributed by atoms with Crippen LogP contribution in [0, 0.1) is 0 Å². The van der Waals surface area contributed by atoms with E-state index in [0.29, 0.717) is 13.1 Å². The lowest BCUT2D eigenvalue weighted by molar-refractivity contribution is -0.117. The number of nitrogens with zero attached hydrogens (tertiary/aromatic N) is 4. The van der Waals surface area contributed by atoms with Gasteiger partial charge in [0.25, 0.3) is 0 Å². The van der Waals surface area contributed by atoms with E-state index in [-0.39, 0.29) is 18.0 Å². The number of hydrogen-bond donors (Lipinski definition) is 1. The molecule has 0 unspecified atom stereocenters. The van der Waals surface area contributed by atoms with Crippen molar-refractivity contribution in [3.8, 4) is 0 Å². The summed E-state index contributed by atoms with van der Waals surface area (Å²) in [5.41, 5.74) is 6.18. The molecule has 0 bridgehead atoms. The maximum Gasteiger partial charge on any atom is 0.329 e. The summed E-state index contributed by atoms with van der Waals surface area (Å²) in [4.78, 5) is 29.4. The summed E-state index contributed by atoms with van der Waals surface area (Å²) in [6.07, 6.45) is 2.66. The van der Waals surface area contributed by atoms with Gasteiger partial charge in [-0.05, 0) is 30.7 Å².